The van der Waals surface area contributed by atoms with Crippen LogP contribution < -0.4 is 0 Å². The maximum Gasteiger partial charge on any atom is 0.261 e. The number of carbonyl (C=O) groups is 2. The van der Waals surface area contributed by atoms with E-state index in [0.717, 1.165) is 11.1 Å². The molecular formula is C16H12BrClN2O2. The average Bonchev–Trinajstić information content (AvgIpc) is 2.76. The molecule has 1 aliphatic heterocycles. The van der Waals surface area contributed by atoms with E-state index in [4.69, 9.17) is 11.6 Å². The summed E-state index contributed by atoms with van der Waals surface area (Å²) in [4.78, 5) is 30.4. The lowest BCUT2D eigenvalue weighted by Gasteiger charge is -2.17. The predicted molar refractivity (Wildman–Crippen MR) is 87.1 cm³/mol. The molecule has 6 heteroatoms. The summed E-state index contributed by atoms with van der Waals surface area (Å²) in [5, 5.41) is 0.591. The van der Waals surface area contributed by atoms with Gasteiger partial charge in [-0.1, -0.05) is 23.7 Å². The Hall–Kier alpha value is -1.72. The molecule has 1 aromatic heterocycles. The SMILES string of the molecule is Cc1c(Br)nc(CN2C(=O)c3ccccc3C2=O)c(C)c1Cl. The van der Waals surface area contributed by atoms with E-state index in [-0.39, 0.29) is 18.4 Å². The van der Waals surface area contributed by atoms with Crippen LogP contribution in [0.5, 0.6) is 0 Å². The summed E-state index contributed by atoms with van der Waals surface area (Å²) in [5.41, 5.74) is 3.09. The van der Waals surface area contributed by atoms with Crippen LogP contribution in [0.1, 0.15) is 37.5 Å². The smallest absolute Gasteiger partial charge is 0.261 e. The molecule has 1 aliphatic rings. The summed E-state index contributed by atoms with van der Waals surface area (Å²) in [6.07, 6.45) is 0. The molecule has 3 rings (SSSR count). The molecule has 0 aliphatic carbocycles. The van der Waals surface area contributed by atoms with Gasteiger partial charge in [-0.05, 0) is 47.5 Å². The van der Waals surface area contributed by atoms with Crippen LogP contribution in [0.2, 0.25) is 5.02 Å². The number of carbonyl (C=O) groups excluding carboxylic acids is 2. The van der Waals surface area contributed by atoms with Crippen LogP contribution in [0, 0.1) is 13.8 Å². The molecule has 2 amide bonds. The van der Waals surface area contributed by atoms with Crippen molar-refractivity contribution < 1.29 is 9.59 Å². The number of benzene rings is 1. The molecule has 0 saturated heterocycles. The number of halogens is 2. The molecular weight excluding hydrogens is 368 g/mol. The number of imide groups is 1. The fraction of sp³-hybridized carbons (Fsp3) is 0.188. The van der Waals surface area contributed by atoms with E-state index >= 15 is 0 Å². The van der Waals surface area contributed by atoms with Crippen molar-refractivity contribution >= 4 is 39.3 Å². The summed E-state index contributed by atoms with van der Waals surface area (Å²) in [7, 11) is 0. The van der Waals surface area contributed by atoms with Crippen molar-refractivity contribution in [2.75, 3.05) is 0 Å². The van der Waals surface area contributed by atoms with E-state index in [1.165, 1.54) is 4.90 Å². The van der Waals surface area contributed by atoms with Crippen LogP contribution in [0.3, 0.4) is 0 Å². The van der Waals surface area contributed by atoms with Crippen LogP contribution in [-0.4, -0.2) is 21.7 Å². The van der Waals surface area contributed by atoms with Crippen LogP contribution in [0.15, 0.2) is 28.9 Å². The molecule has 0 bridgehead atoms. The van der Waals surface area contributed by atoms with Gasteiger partial charge in [-0.15, -0.1) is 0 Å². The van der Waals surface area contributed by atoms with Gasteiger partial charge in [0.25, 0.3) is 11.8 Å². The normalized spacial score (nSPS) is 13.7. The molecule has 0 N–H and O–H groups in total. The van der Waals surface area contributed by atoms with E-state index in [1.54, 1.807) is 24.3 Å². The Morgan fingerprint density at radius 3 is 2.18 bits per heavy atom. The largest absolute Gasteiger partial charge is 0.269 e. The molecule has 112 valence electrons. The zero-order valence-corrected chi connectivity index (χ0v) is 14.3. The fourth-order valence-electron chi connectivity index (χ4n) is 2.47. The van der Waals surface area contributed by atoms with Gasteiger partial charge in [-0.2, -0.15) is 0 Å². The fourth-order valence-corrected chi connectivity index (χ4v) is 3.20. The number of hydrogen-bond donors (Lipinski definition) is 0. The number of aromatic nitrogens is 1. The first-order valence-electron chi connectivity index (χ1n) is 6.68. The van der Waals surface area contributed by atoms with Crippen LogP contribution >= 0.6 is 27.5 Å². The van der Waals surface area contributed by atoms with Gasteiger partial charge in [0.2, 0.25) is 0 Å². The predicted octanol–water partition coefficient (Wildman–Crippen LogP) is 3.91. The molecule has 0 radical (unpaired) electrons. The molecule has 2 aromatic rings. The third kappa shape index (κ3) is 2.25. The first kappa shape index (κ1) is 15.2. The van der Waals surface area contributed by atoms with Gasteiger partial charge in [0.15, 0.2) is 0 Å². The van der Waals surface area contributed by atoms with Crippen LogP contribution in [0.4, 0.5) is 0 Å². The van der Waals surface area contributed by atoms with E-state index in [0.29, 0.717) is 26.4 Å². The second kappa shape index (κ2) is 5.48. The van der Waals surface area contributed by atoms with Gasteiger partial charge in [-0.3, -0.25) is 14.5 Å². The van der Waals surface area contributed by atoms with Crippen molar-refractivity contribution in [2.45, 2.75) is 20.4 Å². The standard InChI is InChI=1S/C16H12BrClN2O2/c1-8-12(19-14(17)9(2)13(8)18)7-20-15(21)10-5-3-4-6-11(10)16(20)22/h3-6H,7H2,1-2H3. The topological polar surface area (TPSA) is 50.3 Å². The third-order valence-corrected chi connectivity index (χ3v) is 5.16. The highest BCUT2D eigenvalue weighted by molar-refractivity contribution is 9.10. The van der Waals surface area contributed by atoms with Gasteiger partial charge < -0.3 is 0 Å². The maximum absolute atomic E-state index is 12.4. The lowest BCUT2D eigenvalue weighted by molar-refractivity contribution is 0.0640. The number of pyridine rings is 1. The number of amides is 2. The van der Waals surface area contributed by atoms with E-state index in [9.17, 15) is 9.59 Å². The zero-order valence-electron chi connectivity index (χ0n) is 12.0. The molecule has 0 spiro atoms. The van der Waals surface area contributed by atoms with Crippen molar-refractivity contribution in [1.29, 1.82) is 0 Å². The van der Waals surface area contributed by atoms with E-state index in [1.807, 2.05) is 13.8 Å². The molecule has 1 aromatic carbocycles. The summed E-state index contributed by atoms with van der Waals surface area (Å²) < 4.78 is 0.620. The van der Waals surface area contributed by atoms with Crippen LogP contribution in [0.25, 0.3) is 0 Å². The molecule has 22 heavy (non-hydrogen) atoms. The van der Waals surface area contributed by atoms with Crippen molar-refractivity contribution in [3.8, 4) is 0 Å². The Labute approximate surface area is 141 Å². The summed E-state index contributed by atoms with van der Waals surface area (Å²) >= 11 is 9.63. The summed E-state index contributed by atoms with van der Waals surface area (Å²) in [6, 6.07) is 6.81. The minimum absolute atomic E-state index is 0.108. The van der Waals surface area contributed by atoms with Gasteiger partial charge in [0, 0.05) is 5.56 Å². The van der Waals surface area contributed by atoms with Crippen molar-refractivity contribution in [3.05, 3.63) is 61.8 Å². The Morgan fingerprint density at radius 2 is 1.64 bits per heavy atom. The quantitative estimate of drug-likeness (QED) is 0.587. The molecule has 0 saturated carbocycles. The monoisotopic (exact) mass is 378 g/mol. The minimum atomic E-state index is -0.297. The minimum Gasteiger partial charge on any atom is -0.269 e. The lowest BCUT2D eigenvalue weighted by atomic mass is 10.1. The van der Waals surface area contributed by atoms with Gasteiger partial charge in [-0.25, -0.2) is 4.98 Å². The number of hydrogen-bond acceptors (Lipinski definition) is 3. The molecule has 0 unspecified atom stereocenters. The first-order valence-corrected chi connectivity index (χ1v) is 7.85. The molecule has 0 fully saturated rings. The van der Waals surface area contributed by atoms with Crippen LogP contribution in [-0.2, 0) is 6.54 Å². The Bertz CT molecular complexity index is 785. The number of rotatable bonds is 2. The average molecular weight is 380 g/mol. The second-order valence-electron chi connectivity index (χ2n) is 5.16. The molecule has 4 nitrogen and oxygen atoms in total. The second-order valence-corrected chi connectivity index (χ2v) is 6.28. The molecule has 0 atom stereocenters. The van der Waals surface area contributed by atoms with E-state index in [2.05, 4.69) is 20.9 Å². The number of fused-ring (bicyclic) bond motifs is 1. The Morgan fingerprint density at radius 1 is 1.09 bits per heavy atom. The van der Waals surface area contributed by atoms with Gasteiger partial charge in [0.1, 0.15) is 4.60 Å². The van der Waals surface area contributed by atoms with Gasteiger partial charge in [0.05, 0.1) is 28.4 Å². The third-order valence-electron chi connectivity index (χ3n) is 3.82. The highest BCUT2D eigenvalue weighted by atomic mass is 79.9. The molecule has 2 heterocycles. The van der Waals surface area contributed by atoms with Gasteiger partial charge >= 0.3 is 0 Å². The van der Waals surface area contributed by atoms with Crippen molar-refractivity contribution in [2.24, 2.45) is 0 Å². The zero-order chi connectivity index (χ0) is 16.0. The van der Waals surface area contributed by atoms with Crippen molar-refractivity contribution in [1.82, 2.24) is 9.88 Å². The van der Waals surface area contributed by atoms with Crippen molar-refractivity contribution in [3.63, 3.8) is 0 Å². The summed E-state index contributed by atoms with van der Waals surface area (Å²) in [5.74, 6) is -0.593. The Kier molecular flexibility index (Phi) is 3.78. The maximum atomic E-state index is 12.4. The Balaban J connectivity index is 1.99. The van der Waals surface area contributed by atoms with E-state index < -0.39 is 0 Å². The number of nitrogens with zero attached hydrogens (tertiary/aromatic N) is 2. The first-order chi connectivity index (χ1) is 10.4. The highest BCUT2D eigenvalue weighted by Crippen LogP contribution is 2.30. The summed E-state index contributed by atoms with van der Waals surface area (Å²) in [6.45, 7) is 3.80. The highest BCUT2D eigenvalue weighted by Gasteiger charge is 2.35. The lowest BCUT2D eigenvalue weighted by Crippen LogP contribution is -2.30.